The third-order valence-corrected chi connectivity index (χ3v) is 2.94. The summed E-state index contributed by atoms with van der Waals surface area (Å²) in [6.45, 7) is 0.530. The van der Waals surface area contributed by atoms with Gasteiger partial charge in [0.25, 0.3) is 0 Å². The minimum Gasteiger partial charge on any atom is -0.328 e. The first-order valence-electron chi connectivity index (χ1n) is 5.09. The Morgan fingerprint density at radius 1 is 1.22 bits per heavy atom. The summed E-state index contributed by atoms with van der Waals surface area (Å²) in [5.41, 5.74) is 1.99. The van der Waals surface area contributed by atoms with E-state index >= 15 is 0 Å². The second-order valence-electron chi connectivity index (χ2n) is 3.63. The van der Waals surface area contributed by atoms with Crippen molar-refractivity contribution in [3.63, 3.8) is 0 Å². The first-order valence-corrected chi connectivity index (χ1v) is 5.88. The van der Waals surface area contributed by atoms with Crippen LogP contribution in [-0.4, -0.2) is 4.57 Å². The molecule has 1 heterocycles. The molecule has 0 aliphatic rings. The average Bonchev–Trinajstić information content (AvgIpc) is 2.34. The van der Waals surface area contributed by atoms with E-state index in [0.717, 1.165) is 10.0 Å². The molecule has 18 heavy (non-hydrogen) atoms. The van der Waals surface area contributed by atoms with Crippen molar-refractivity contribution in [2.45, 2.75) is 6.54 Å². The van der Waals surface area contributed by atoms with Crippen LogP contribution in [0.1, 0.15) is 11.1 Å². The van der Waals surface area contributed by atoms with Crippen molar-refractivity contribution in [2.75, 3.05) is 0 Å². The molecular weight excluding hydrogens is 358 g/mol. The summed E-state index contributed by atoms with van der Waals surface area (Å²) in [7, 11) is 0. The highest BCUT2D eigenvalue weighted by molar-refractivity contribution is 9.10. The molecule has 3 nitrogen and oxygen atoms in total. The van der Waals surface area contributed by atoms with Crippen molar-refractivity contribution in [1.29, 1.82) is 10.7 Å². The second-order valence-corrected chi connectivity index (χ2v) is 4.55. The maximum atomic E-state index is 9.00. The number of aromatic nitrogens is 1. The van der Waals surface area contributed by atoms with Crippen molar-refractivity contribution < 1.29 is 0 Å². The van der Waals surface area contributed by atoms with Gasteiger partial charge in [0.05, 0.1) is 18.2 Å². The lowest BCUT2D eigenvalue weighted by molar-refractivity contribution is 0.727. The maximum Gasteiger partial charge on any atom is 0.125 e. The van der Waals surface area contributed by atoms with Gasteiger partial charge in [-0.3, -0.25) is 5.41 Å². The SMILES string of the molecule is Br.N#Cc1ccccc1Cn1cc(Br)ccc1=N. The van der Waals surface area contributed by atoms with E-state index in [0.29, 0.717) is 17.6 Å². The molecule has 0 amide bonds. The predicted molar refractivity (Wildman–Crippen MR) is 78.6 cm³/mol. The van der Waals surface area contributed by atoms with Gasteiger partial charge in [-0.05, 0) is 39.7 Å². The molecule has 1 N–H and O–H groups in total. The van der Waals surface area contributed by atoms with Crippen LogP contribution in [-0.2, 0) is 6.54 Å². The number of benzene rings is 1. The van der Waals surface area contributed by atoms with Crippen LogP contribution in [0.2, 0.25) is 0 Å². The minimum absolute atomic E-state index is 0. The molecule has 92 valence electrons. The van der Waals surface area contributed by atoms with Crippen molar-refractivity contribution in [3.05, 3.63) is 63.7 Å². The van der Waals surface area contributed by atoms with E-state index in [4.69, 9.17) is 10.7 Å². The van der Waals surface area contributed by atoms with Crippen molar-refractivity contribution in [1.82, 2.24) is 4.57 Å². The van der Waals surface area contributed by atoms with E-state index in [9.17, 15) is 0 Å². The van der Waals surface area contributed by atoms with Gasteiger partial charge in [-0.25, -0.2) is 0 Å². The number of nitriles is 1. The van der Waals surface area contributed by atoms with Crippen molar-refractivity contribution in [3.8, 4) is 6.07 Å². The van der Waals surface area contributed by atoms with E-state index in [1.165, 1.54) is 0 Å². The van der Waals surface area contributed by atoms with Gasteiger partial charge in [-0.1, -0.05) is 18.2 Å². The van der Waals surface area contributed by atoms with E-state index in [1.54, 1.807) is 16.7 Å². The second kappa shape index (κ2) is 6.53. The van der Waals surface area contributed by atoms with E-state index in [1.807, 2.05) is 30.5 Å². The van der Waals surface area contributed by atoms with Crippen molar-refractivity contribution >= 4 is 32.9 Å². The first kappa shape index (κ1) is 14.7. The summed E-state index contributed by atoms with van der Waals surface area (Å²) in [6.07, 6.45) is 1.84. The van der Waals surface area contributed by atoms with Gasteiger partial charge >= 0.3 is 0 Å². The van der Waals surface area contributed by atoms with Crippen LogP contribution in [0.25, 0.3) is 0 Å². The predicted octanol–water partition coefficient (Wildman–Crippen LogP) is 3.23. The molecule has 5 heteroatoms. The summed E-state index contributed by atoms with van der Waals surface area (Å²) in [4.78, 5) is 0. The number of nitrogens with one attached hydrogen (secondary N) is 1. The average molecular weight is 369 g/mol. The molecule has 0 aliphatic carbocycles. The third kappa shape index (κ3) is 3.31. The van der Waals surface area contributed by atoms with Gasteiger partial charge < -0.3 is 4.57 Å². The van der Waals surface area contributed by atoms with Gasteiger partial charge in [0.15, 0.2) is 0 Å². The summed E-state index contributed by atoms with van der Waals surface area (Å²) >= 11 is 3.38. The standard InChI is InChI=1S/C13H10BrN3.BrH/c14-12-5-6-13(16)17(9-12)8-11-4-2-1-3-10(11)7-15;/h1-6,9,16H,8H2;1H. The van der Waals surface area contributed by atoms with Gasteiger partial charge in [0.1, 0.15) is 5.49 Å². The fraction of sp³-hybridized carbons (Fsp3) is 0.0769. The number of pyridine rings is 1. The Bertz CT molecular complexity index is 641. The van der Waals surface area contributed by atoms with Gasteiger partial charge in [-0.2, -0.15) is 5.26 Å². The van der Waals surface area contributed by atoms with Crippen LogP contribution < -0.4 is 5.49 Å². The largest absolute Gasteiger partial charge is 0.328 e. The number of hydrogen-bond donors (Lipinski definition) is 1. The highest BCUT2D eigenvalue weighted by Crippen LogP contribution is 2.10. The molecule has 0 bridgehead atoms. The molecule has 0 radical (unpaired) electrons. The molecule has 2 rings (SSSR count). The van der Waals surface area contributed by atoms with E-state index < -0.39 is 0 Å². The molecule has 0 saturated carbocycles. The molecule has 0 atom stereocenters. The summed E-state index contributed by atoms with van der Waals surface area (Å²) in [5, 5.41) is 16.8. The van der Waals surface area contributed by atoms with Crippen molar-refractivity contribution in [2.24, 2.45) is 0 Å². The van der Waals surface area contributed by atoms with Crippen LogP contribution in [0.4, 0.5) is 0 Å². The zero-order chi connectivity index (χ0) is 12.3. The Balaban J connectivity index is 0.00000162. The Hall–Kier alpha value is -1.38. The number of hydrogen-bond acceptors (Lipinski definition) is 2. The zero-order valence-corrected chi connectivity index (χ0v) is 12.7. The quantitative estimate of drug-likeness (QED) is 0.869. The van der Waals surface area contributed by atoms with E-state index in [2.05, 4.69) is 22.0 Å². The Labute approximate surface area is 124 Å². The zero-order valence-electron chi connectivity index (χ0n) is 9.43. The monoisotopic (exact) mass is 367 g/mol. The normalized spacial score (nSPS) is 9.33. The molecule has 2 aromatic rings. The van der Waals surface area contributed by atoms with Crippen LogP contribution in [0, 0.1) is 16.7 Å². The molecular formula is C13H11Br2N3. The lowest BCUT2D eigenvalue weighted by Crippen LogP contribution is -2.19. The molecule has 1 aromatic heterocycles. The molecule has 0 spiro atoms. The number of rotatable bonds is 2. The van der Waals surface area contributed by atoms with Gasteiger partial charge in [0.2, 0.25) is 0 Å². The number of halogens is 2. The van der Waals surface area contributed by atoms with Crippen LogP contribution in [0.5, 0.6) is 0 Å². The molecule has 0 aliphatic heterocycles. The molecule has 0 fully saturated rings. The lowest BCUT2D eigenvalue weighted by atomic mass is 10.1. The summed E-state index contributed by atoms with van der Waals surface area (Å²) in [6, 6.07) is 13.2. The minimum atomic E-state index is 0. The Kier molecular flexibility index (Phi) is 5.32. The smallest absolute Gasteiger partial charge is 0.125 e. The van der Waals surface area contributed by atoms with Crippen LogP contribution in [0.3, 0.4) is 0 Å². The topological polar surface area (TPSA) is 52.6 Å². The van der Waals surface area contributed by atoms with E-state index in [-0.39, 0.29) is 17.0 Å². The lowest BCUT2D eigenvalue weighted by Gasteiger charge is -2.08. The van der Waals surface area contributed by atoms with Crippen LogP contribution in [0.15, 0.2) is 47.1 Å². The molecule has 0 unspecified atom stereocenters. The molecule has 0 saturated heterocycles. The molecule has 1 aromatic carbocycles. The highest BCUT2D eigenvalue weighted by Gasteiger charge is 2.02. The third-order valence-electron chi connectivity index (χ3n) is 2.47. The highest BCUT2D eigenvalue weighted by atomic mass is 79.9. The summed E-state index contributed by atoms with van der Waals surface area (Å²) < 4.78 is 2.71. The Morgan fingerprint density at radius 2 is 1.94 bits per heavy atom. The first-order chi connectivity index (χ1) is 8.20. The fourth-order valence-corrected chi connectivity index (χ4v) is 1.98. The van der Waals surface area contributed by atoms with Crippen LogP contribution >= 0.6 is 32.9 Å². The fourth-order valence-electron chi connectivity index (χ4n) is 1.60. The summed E-state index contributed by atoms with van der Waals surface area (Å²) in [5.74, 6) is 0. The van der Waals surface area contributed by atoms with Gasteiger partial charge in [0, 0.05) is 10.7 Å². The Morgan fingerprint density at radius 3 is 2.67 bits per heavy atom. The van der Waals surface area contributed by atoms with Gasteiger partial charge in [-0.15, -0.1) is 17.0 Å². The number of nitrogens with zero attached hydrogens (tertiary/aromatic N) is 2. The maximum absolute atomic E-state index is 9.00.